The normalized spacial score (nSPS) is 15.3. The van der Waals surface area contributed by atoms with Gasteiger partial charge in [-0.05, 0) is 11.0 Å². The van der Waals surface area contributed by atoms with Gasteiger partial charge in [0.15, 0.2) is 0 Å². The summed E-state index contributed by atoms with van der Waals surface area (Å²) in [6.07, 6.45) is 3.82. The zero-order valence-electron chi connectivity index (χ0n) is 10.6. The van der Waals surface area contributed by atoms with Gasteiger partial charge in [-0.1, -0.05) is 24.3 Å². The fraction of sp³-hybridized carbons (Fsp3) is 0.308. The first kappa shape index (κ1) is 12.4. The fourth-order valence-corrected chi connectivity index (χ4v) is 2.53. The number of hydrogen-bond acceptors (Lipinski definition) is 4. The molecule has 1 aliphatic heterocycles. The summed E-state index contributed by atoms with van der Waals surface area (Å²) in [6.45, 7) is 3.38. The topological polar surface area (TPSA) is 61.5 Å². The molecule has 0 atom stereocenters. The zero-order chi connectivity index (χ0) is 13.2. The Labute approximate surface area is 112 Å². The molecule has 19 heavy (non-hydrogen) atoms. The highest BCUT2D eigenvalue weighted by molar-refractivity contribution is 6.59. The van der Waals surface area contributed by atoms with Crippen LogP contribution in [0.4, 0.5) is 0 Å². The third-order valence-electron chi connectivity index (χ3n) is 3.55. The van der Waals surface area contributed by atoms with Gasteiger partial charge in [0, 0.05) is 32.0 Å². The van der Waals surface area contributed by atoms with E-state index in [1.165, 1.54) is 0 Å². The van der Waals surface area contributed by atoms with Crippen molar-refractivity contribution < 1.29 is 10.0 Å². The molecule has 1 aliphatic rings. The van der Waals surface area contributed by atoms with Crippen LogP contribution < -0.4 is 5.46 Å². The monoisotopic (exact) mass is 257 g/mol. The van der Waals surface area contributed by atoms with E-state index in [-0.39, 0.29) is 0 Å². The molecule has 3 rings (SSSR count). The maximum absolute atomic E-state index is 9.38. The molecule has 0 spiro atoms. The van der Waals surface area contributed by atoms with Crippen LogP contribution >= 0.6 is 0 Å². The summed E-state index contributed by atoms with van der Waals surface area (Å²) in [4.78, 5) is 6.60. The van der Waals surface area contributed by atoms with Gasteiger partial charge in [0.1, 0.15) is 5.82 Å². The number of rotatable bonds is 3. The van der Waals surface area contributed by atoms with Crippen molar-refractivity contribution in [3.8, 4) is 0 Å². The van der Waals surface area contributed by atoms with E-state index in [4.69, 9.17) is 0 Å². The number of nitrogens with zero attached hydrogens (tertiary/aromatic N) is 3. The van der Waals surface area contributed by atoms with E-state index in [2.05, 4.69) is 14.5 Å². The number of benzene rings is 1. The van der Waals surface area contributed by atoms with E-state index in [0.29, 0.717) is 12.0 Å². The lowest BCUT2D eigenvalue weighted by molar-refractivity contribution is 0.209. The smallest absolute Gasteiger partial charge is 0.423 e. The Balaban J connectivity index is 1.76. The van der Waals surface area contributed by atoms with Crippen molar-refractivity contribution in [1.82, 2.24) is 14.5 Å². The molecule has 0 radical (unpaired) electrons. The molecular formula is C13H16BN3O2. The van der Waals surface area contributed by atoms with Crippen LogP contribution in [0.2, 0.25) is 0 Å². The van der Waals surface area contributed by atoms with E-state index >= 15 is 0 Å². The van der Waals surface area contributed by atoms with Crippen LogP contribution in [0.3, 0.4) is 0 Å². The molecule has 1 aromatic heterocycles. The van der Waals surface area contributed by atoms with Crippen molar-refractivity contribution >= 4 is 12.6 Å². The average molecular weight is 257 g/mol. The first-order valence-electron chi connectivity index (χ1n) is 6.40. The molecule has 0 amide bonds. The Hall–Kier alpha value is -1.63. The lowest BCUT2D eigenvalue weighted by Crippen LogP contribution is -2.38. The first-order valence-corrected chi connectivity index (χ1v) is 6.40. The minimum atomic E-state index is -1.41. The third kappa shape index (κ3) is 2.56. The number of hydrogen-bond donors (Lipinski definition) is 2. The van der Waals surface area contributed by atoms with Crippen LogP contribution in [-0.4, -0.2) is 38.2 Å². The molecular weight excluding hydrogens is 241 g/mol. The van der Waals surface area contributed by atoms with Crippen molar-refractivity contribution in [3.63, 3.8) is 0 Å². The van der Waals surface area contributed by atoms with E-state index < -0.39 is 7.12 Å². The second-order valence-corrected chi connectivity index (χ2v) is 4.82. The van der Waals surface area contributed by atoms with Gasteiger partial charge in [-0.2, -0.15) is 0 Å². The summed E-state index contributed by atoms with van der Waals surface area (Å²) in [5.74, 6) is 1.06. The molecule has 0 fully saturated rings. The summed E-state index contributed by atoms with van der Waals surface area (Å²) in [6, 6.07) is 7.44. The Morgan fingerprint density at radius 3 is 2.89 bits per heavy atom. The van der Waals surface area contributed by atoms with Gasteiger partial charge in [-0.25, -0.2) is 4.98 Å². The number of imidazole rings is 1. The van der Waals surface area contributed by atoms with Crippen molar-refractivity contribution in [2.45, 2.75) is 19.6 Å². The summed E-state index contributed by atoms with van der Waals surface area (Å²) < 4.78 is 2.16. The SMILES string of the molecule is OB(O)c1ccccc1CN1CCn2ccnc2C1. The fourth-order valence-electron chi connectivity index (χ4n) is 2.53. The molecule has 0 saturated heterocycles. The first-order chi connectivity index (χ1) is 9.24. The molecule has 5 nitrogen and oxygen atoms in total. The molecule has 2 aromatic rings. The van der Waals surface area contributed by atoms with Crippen LogP contribution in [0.5, 0.6) is 0 Å². The molecule has 0 saturated carbocycles. The van der Waals surface area contributed by atoms with E-state index in [1.807, 2.05) is 30.6 Å². The predicted molar refractivity (Wildman–Crippen MR) is 72.6 cm³/mol. The Bertz CT molecular complexity index is 571. The summed E-state index contributed by atoms with van der Waals surface area (Å²) in [5, 5.41) is 18.8. The number of aromatic nitrogens is 2. The highest BCUT2D eigenvalue weighted by Gasteiger charge is 2.20. The maximum Gasteiger partial charge on any atom is 0.488 e. The molecule has 6 heteroatoms. The summed E-state index contributed by atoms with van der Waals surface area (Å²) >= 11 is 0. The number of fused-ring (bicyclic) bond motifs is 1. The molecule has 98 valence electrons. The zero-order valence-corrected chi connectivity index (χ0v) is 10.6. The summed E-state index contributed by atoms with van der Waals surface area (Å²) in [7, 11) is -1.41. The average Bonchev–Trinajstić information content (AvgIpc) is 2.86. The highest BCUT2D eigenvalue weighted by atomic mass is 16.4. The Kier molecular flexibility index (Phi) is 3.37. The molecule has 0 bridgehead atoms. The van der Waals surface area contributed by atoms with Crippen LogP contribution in [0, 0.1) is 0 Å². The van der Waals surface area contributed by atoms with Gasteiger partial charge in [0.25, 0.3) is 0 Å². The van der Waals surface area contributed by atoms with Crippen LogP contribution in [0.1, 0.15) is 11.4 Å². The van der Waals surface area contributed by atoms with Crippen molar-refractivity contribution in [3.05, 3.63) is 48.0 Å². The highest BCUT2D eigenvalue weighted by Crippen LogP contribution is 2.13. The largest absolute Gasteiger partial charge is 0.488 e. The molecule has 2 heterocycles. The van der Waals surface area contributed by atoms with E-state index in [9.17, 15) is 10.0 Å². The molecule has 0 aliphatic carbocycles. The van der Waals surface area contributed by atoms with Gasteiger partial charge in [-0.15, -0.1) is 0 Å². The second-order valence-electron chi connectivity index (χ2n) is 4.82. The van der Waals surface area contributed by atoms with Crippen molar-refractivity contribution in [1.29, 1.82) is 0 Å². The van der Waals surface area contributed by atoms with Crippen molar-refractivity contribution in [2.24, 2.45) is 0 Å². The van der Waals surface area contributed by atoms with Gasteiger partial charge in [-0.3, -0.25) is 4.90 Å². The van der Waals surface area contributed by atoms with Crippen LogP contribution in [0.15, 0.2) is 36.7 Å². The van der Waals surface area contributed by atoms with Gasteiger partial charge in [0.05, 0.1) is 6.54 Å². The van der Waals surface area contributed by atoms with Gasteiger partial charge < -0.3 is 14.6 Å². The molecule has 1 aromatic carbocycles. The standard InChI is InChI=1S/C13H16BN3O2/c18-14(19)12-4-2-1-3-11(12)9-16-7-8-17-6-5-15-13(17)10-16/h1-6,18-19H,7-10H2. The Morgan fingerprint density at radius 2 is 2.05 bits per heavy atom. The van der Waals surface area contributed by atoms with E-state index in [1.54, 1.807) is 6.07 Å². The van der Waals surface area contributed by atoms with Crippen LogP contribution in [-0.2, 0) is 19.6 Å². The van der Waals surface area contributed by atoms with Crippen LogP contribution in [0.25, 0.3) is 0 Å². The molecule has 0 unspecified atom stereocenters. The predicted octanol–water partition coefficient (Wildman–Crippen LogP) is -0.421. The lowest BCUT2D eigenvalue weighted by Gasteiger charge is -2.28. The van der Waals surface area contributed by atoms with E-state index in [0.717, 1.165) is 31.0 Å². The minimum Gasteiger partial charge on any atom is -0.423 e. The van der Waals surface area contributed by atoms with Gasteiger partial charge in [0.2, 0.25) is 0 Å². The van der Waals surface area contributed by atoms with Gasteiger partial charge >= 0.3 is 7.12 Å². The minimum absolute atomic E-state index is 0.580. The maximum atomic E-state index is 9.38. The molecule has 2 N–H and O–H groups in total. The lowest BCUT2D eigenvalue weighted by atomic mass is 9.77. The quantitative estimate of drug-likeness (QED) is 0.733. The third-order valence-corrected chi connectivity index (χ3v) is 3.55. The second kappa shape index (κ2) is 5.17. The Morgan fingerprint density at radius 1 is 1.21 bits per heavy atom. The van der Waals surface area contributed by atoms with Crippen molar-refractivity contribution in [2.75, 3.05) is 6.54 Å². The summed E-state index contributed by atoms with van der Waals surface area (Å²) in [5.41, 5.74) is 1.54.